The fourth-order valence-corrected chi connectivity index (χ4v) is 1.82. The van der Waals surface area contributed by atoms with Crippen LogP contribution in [0.25, 0.3) is 0 Å². The lowest BCUT2D eigenvalue weighted by Gasteiger charge is -2.07. The van der Waals surface area contributed by atoms with Crippen molar-refractivity contribution < 1.29 is 9.53 Å². The molecule has 0 bridgehead atoms. The van der Waals surface area contributed by atoms with Crippen LogP contribution in [0.1, 0.15) is 35.9 Å². The number of ether oxygens (including phenoxy) is 1. The first kappa shape index (κ1) is 13.6. The smallest absolute Gasteiger partial charge is 0.153 e. The Hall–Kier alpha value is -1.81. The second-order valence-corrected chi connectivity index (χ2v) is 4.91. The van der Waals surface area contributed by atoms with Crippen molar-refractivity contribution in [2.75, 3.05) is 0 Å². The fraction of sp³-hybridized carbons (Fsp3) is 0.286. The lowest BCUT2D eigenvalue weighted by atomic mass is 10.2. The quantitative estimate of drug-likeness (QED) is 0.786. The van der Waals surface area contributed by atoms with Crippen molar-refractivity contribution in [3.8, 4) is 5.75 Å². The van der Waals surface area contributed by atoms with Gasteiger partial charge < -0.3 is 4.74 Å². The van der Waals surface area contributed by atoms with Gasteiger partial charge in [-0.3, -0.25) is 9.48 Å². The number of hydrogen-bond donors (Lipinski definition) is 0. The van der Waals surface area contributed by atoms with E-state index in [0.29, 0.717) is 29.0 Å². The van der Waals surface area contributed by atoms with Gasteiger partial charge in [0.15, 0.2) is 6.29 Å². The summed E-state index contributed by atoms with van der Waals surface area (Å²) in [5.41, 5.74) is 1.26. The van der Waals surface area contributed by atoms with E-state index in [1.54, 1.807) is 18.2 Å². The standard InChI is InChI=1S/C14H15ClN2O2/c1-10(2)17-6-5-13(16-17)9-19-14-4-3-12(15)7-11(14)8-18/h3-8,10H,9H2,1-2H3. The molecule has 0 atom stereocenters. The van der Waals surface area contributed by atoms with Gasteiger partial charge in [0.2, 0.25) is 0 Å². The summed E-state index contributed by atoms with van der Waals surface area (Å²) in [5, 5.41) is 4.89. The second-order valence-electron chi connectivity index (χ2n) is 4.47. The van der Waals surface area contributed by atoms with E-state index in [2.05, 4.69) is 18.9 Å². The maximum absolute atomic E-state index is 10.9. The predicted molar refractivity (Wildman–Crippen MR) is 73.8 cm³/mol. The van der Waals surface area contributed by atoms with Gasteiger partial charge in [0.25, 0.3) is 0 Å². The average molecular weight is 279 g/mol. The third kappa shape index (κ3) is 3.35. The van der Waals surface area contributed by atoms with Crippen LogP contribution in [0.4, 0.5) is 0 Å². The van der Waals surface area contributed by atoms with Crippen molar-refractivity contribution in [2.45, 2.75) is 26.5 Å². The molecule has 0 fully saturated rings. The van der Waals surface area contributed by atoms with Crippen molar-refractivity contribution in [3.63, 3.8) is 0 Å². The number of rotatable bonds is 5. The monoisotopic (exact) mass is 278 g/mol. The number of aromatic nitrogens is 2. The molecule has 0 unspecified atom stereocenters. The van der Waals surface area contributed by atoms with Crippen LogP contribution in [0.5, 0.6) is 5.75 Å². The first-order chi connectivity index (χ1) is 9.10. The average Bonchev–Trinajstić information content (AvgIpc) is 2.86. The number of nitrogens with zero attached hydrogens (tertiary/aromatic N) is 2. The molecule has 1 heterocycles. The largest absolute Gasteiger partial charge is 0.486 e. The lowest BCUT2D eigenvalue weighted by molar-refractivity contribution is 0.111. The van der Waals surface area contributed by atoms with Gasteiger partial charge in [-0.1, -0.05) is 11.6 Å². The summed E-state index contributed by atoms with van der Waals surface area (Å²) in [7, 11) is 0. The molecule has 2 rings (SSSR count). The second kappa shape index (κ2) is 5.89. The highest BCUT2D eigenvalue weighted by atomic mass is 35.5. The summed E-state index contributed by atoms with van der Waals surface area (Å²) >= 11 is 5.82. The Morgan fingerprint density at radius 1 is 1.42 bits per heavy atom. The molecule has 100 valence electrons. The zero-order valence-electron chi connectivity index (χ0n) is 10.8. The van der Waals surface area contributed by atoms with Gasteiger partial charge >= 0.3 is 0 Å². The Bertz CT molecular complexity index is 579. The molecule has 0 amide bonds. The summed E-state index contributed by atoms with van der Waals surface area (Å²) < 4.78 is 7.46. The molecule has 0 saturated heterocycles. The highest BCUT2D eigenvalue weighted by Crippen LogP contribution is 2.22. The molecule has 0 aliphatic carbocycles. The summed E-state index contributed by atoms with van der Waals surface area (Å²) in [5.74, 6) is 0.512. The van der Waals surface area contributed by atoms with Crippen molar-refractivity contribution in [3.05, 3.63) is 46.7 Å². The summed E-state index contributed by atoms with van der Waals surface area (Å²) in [6.45, 7) is 4.44. The topological polar surface area (TPSA) is 44.1 Å². The van der Waals surface area contributed by atoms with Gasteiger partial charge in [-0.05, 0) is 38.1 Å². The molecule has 5 heteroatoms. The third-order valence-electron chi connectivity index (χ3n) is 2.67. The van der Waals surface area contributed by atoms with Crippen LogP contribution in [-0.2, 0) is 6.61 Å². The molecular weight excluding hydrogens is 264 g/mol. The van der Waals surface area contributed by atoms with E-state index in [-0.39, 0.29) is 0 Å². The van der Waals surface area contributed by atoms with Gasteiger partial charge in [0, 0.05) is 17.3 Å². The number of hydrogen-bond acceptors (Lipinski definition) is 3. The Morgan fingerprint density at radius 2 is 2.21 bits per heavy atom. The van der Waals surface area contributed by atoms with Crippen LogP contribution in [0.2, 0.25) is 5.02 Å². The SMILES string of the molecule is CC(C)n1ccc(COc2ccc(Cl)cc2C=O)n1. The highest BCUT2D eigenvalue weighted by molar-refractivity contribution is 6.30. The van der Waals surface area contributed by atoms with Crippen LogP contribution in [0.3, 0.4) is 0 Å². The third-order valence-corrected chi connectivity index (χ3v) is 2.90. The lowest BCUT2D eigenvalue weighted by Crippen LogP contribution is -2.04. The molecule has 1 aromatic carbocycles. The Morgan fingerprint density at radius 3 is 2.84 bits per heavy atom. The van der Waals surface area contributed by atoms with Gasteiger partial charge in [-0.2, -0.15) is 5.10 Å². The summed E-state index contributed by atoms with van der Waals surface area (Å²) in [4.78, 5) is 10.9. The van der Waals surface area contributed by atoms with Crippen LogP contribution in [0.15, 0.2) is 30.5 Å². The minimum Gasteiger partial charge on any atom is -0.486 e. The normalized spacial score (nSPS) is 10.7. The van der Waals surface area contributed by atoms with Crippen molar-refractivity contribution >= 4 is 17.9 Å². The molecule has 0 spiro atoms. The Kier molecular flexibility index (Phi) is 4.22. The van der Waals surface area contributed by atoms with E-state index in [1.165, 1.54) is 0 Å². The number of halogens is 1. The van der Waals surface area contributed by atoms with E-state index in [9.17, 15) is 4.79 Å². The van der Waals surface area contributed by atoms with Crippen LogP contribution < -0.4 is 4.74 Å². The number of carbonyl (C=O) groups is 1. The molecule has 1 aromatic heterocycles. The molecule has 0 aliphatic heterocycles. The minimum atomic E-state index is 0.315. The van der Waals surface area contributed by atoms with Crippen LogP contribution in [0, 0.1) is 0 Å². The number of aldehydes is 1. The molecule has 0 radical (unpaired) electrons. The van der Waals surface area contributed by atoms with E-state index < -0.39 is 0 Å². The molecular formula is C14H15ClN2O2. The van der Waals surface area contributed by atoms with E-state index in [4.69, 9.17) is 16.3 Å². The summed E-state index contributed by atoms with van der Waals surface area (Å²) in [6, 6.07) is 7.17. The number of carbonyl (C=O) groups excluding carboxylic acids is 1. The zero-order chi connectivity index (χ0) is 13.8. The fourth-order valence-electron chi connectivity index (χ4n) is 1.64. The molecule has 0 N–H and O–H groups in total. The van der Waals surface area contributed by atoms with Gasteiger partial charge in [-0.25, -0.2) is 0 Å². The van der Waals surface area contributed by atoms with Gasteiger partial charge in [-0.15, -0.1) is 0 Å². The van der Waals surface area contributed by atoms with Gasteiger partial charge in [0.1, 0.15) is 12.4 Å². The highest BCUT2D eigenvalue weighted by Gasteiger charge is 2.06. The molecule has 0 saturated carbocycles. The minimum absolute atomic E-state index is 0.315. The van der Waals surface area contributed by atoms with Crippen LogP contribution >= 0.6 is 11.6 Å². The van der Waals surface area contributed by atoms with E-state index >= 15 is 0 Å². The molecule has 19 heavy (non-hydrogen) atoms. The van der Waals surface area contributed by atoms with Crippen molar-refractivity contribution in [2.24, 2.45) is 0 Å². The number of benzene rings is 1. The predicted octanol–water partition coefficient (Wildman–Crippen LogP) is 3.51. The van der Waals surface area contributed by atoms with Crippen LogP contribution in [-0.4, -0.2) is 16.1 Å². The maximum Gasteiger partial charge on any atom is 0.153 e. The maximum atomic E-state index is 10.9. The molecule has 4 nitrogen and oxygen atoms in total. The molecule has 0 aliphatic rings. The van der Waals surface area contributed by atoms with Gasteiger partial charge in [0.05, 0.1) is 11.3 Å². The Labute approximate surface area is 116 Å². The van der Waals surface area contributed by atoms with Crippen molar-refractivity contribution in [1.82, 2.24) is 9.78 Å². The first-order valence-corrected chi connectivity index (χ1v) is 6.39. The zero-order valence-corrected chi connectivity index (χ0v) is 11.6. The molecule has 2 aromatic rings. The van der Waals surface area contributed by atoms with E-state index in [0.717, 1.165) is 12.0 Å². The van der Waals surface area contributed by atoms with E-state index in [1.807, 2.05) is 16.9 Å². The van der Waals surface area contributed by atoms with Crippen molar-refractivity contribution in [1.29, 1.82) is 0 Å². The Balaban J connectivity index is 2.07. The summed E-state index contributed by atoms with van der Waals surface area (Å²) in [6.07, 6.45) is 2.64. The first-order valence-electron chi connectivity index (χ1n) is 6.01.